The van der Waals surface area contributed by atoms with E-state index < -0.39 is 11.7 Å². The van der Waals surface area contributed by atoms with E-state index in [0.29, 0.717) is 35.9 Å². The normalized spacial score (nSPS) is 21.0. The van der Waals surface area contributed by atoms with Crippen LogP contribution < -0.4 is 10.9 Å². The topological polar surface area (TPSA) is 157 Å². The van der Waals surface area contributed by atoms with Gasteiger partial charge in [0.15, 0.2) is 0 Å². The molecule has 12 heteroatoms. The van der Waals surface area contributed by atoms with Gasteiger partial charge in [0.25, 0.3) is 5.56 Å². The van der Waals surface area contributed by atoms with Gasteiger partial charge in [-0.15, -0.1) is 10.2 Å². The number of nitrogens with one attached hydrogen (secondary N) is 1. The van der Waals surface area contributed by atoms with Gasteiger partial charge in [-0.3, -0.25) is 9.59 Å². The van der Waals surface area contributed by atoms with E-state index in [-0.39, 0.29) is 43.6 Å². The highest BCUT2D eigenvalue weighted by Crippen LogP contribution is 2.33. The molecular weight excluding hydrogens is 430 g/mol. The molecule has 3 N–H and O–H groups in total. The second-order valence-electron chi connectivity index (χ2n) is 8.50. The highest BCUT2D eigenvalue weighted by molar-refractivity contribution is 5.77. The summed E-state index contributed by atoms with van der Waals surface area (Å²) < 4.78 is 7.62. The van der Waals surface area contributed by atoms with Crippen LogP contribution in [0, 0.1) is 0 Å². The summed E-state index contributed by atoms with van der Waals surface area (Å²) in [4.78, 5) is 24.8. The first-order valence-corrected chi connectivity index (χ1v) is 10.8. The van der Waals surface area contributed by atoms with E-state index in [2.05, 4.69) is 25.9 Å². The number of ether oxygens (including phenoxy) is 1. The van der Waals surface area contributed by atoms with Gasteiger partial charge in [0.2, 0.25) is 5.91 Å². The van der Waals surface area contributed by atoms with Crippen LogP contribution in [-0.4, -0.2) is 77.6 Å². The predicted molar refractivity (Wildman–Crippen MR) is 116 cm³/mol. The van der Waals surface area contributed by atoms with Gasteiger partial charge in [-0.25, -0.2) is 9.36 Å². The number of aryl methyl sites for hydroxylation is 1. The van der Waals surface area contributed by atoms with Gasteiger partial charge < -0.3 is 20.3 Å². The van der Waals surface area contributed by atoms with Crippen molar-refractivity contribution < 1.29 is 19.7 Å². The Kier molecular flexibility index (Phi) is 6.77. The minimum atomic E-state index is -0.991. The Bertz CT molecular complexity index is 1170. The Hall–Kier alpha value is -3.22. The van der Waals surface area contributed by atoms with Crippen molar-refractivity contribution in [1.82, 2.24) is 35.3 Å². The van der Waals surface area contributed by atoms with Gasteiger partial charge in [-0.1, -0.05) is 22.6 Å². The van der Waals surface area contributed by atoms with Gasteiger partial charge in [0.1, 0.15) is 5.52 Å². The molecule has 1 amide bonds. The van der Waals surface area contributed by atoms with Crippen LogP contribution >= 0.6 is 0 Å². The van der Waals surface area contributed by atoms with Gasteiger partial charge >= 0.3 is 0 Å². The zero-order chi connectivity index (χ0) is 23.4. The van der Waals surface area contributed by atoms with Crippen LogP contribution in [-0.2, 0) is 29.0 Å². The molecule has 1 fully saturated rings. The fourth-order valence-electron chi connectivity index (χ4n) is 4.07. The third-order valence-electron chi connectivity index (χ3n) is 5.64. The van der Waals surface area contributed by atoms with Crippen LogP contribution in [0.4, 0.5) is 0 Å². The number of hydrogen-bond donors (Lipinski definition) is 3. The van der Waals surface area contributed by atoms with E-state index in [1.165, 1.54) is 16.5 Å². The molecule has 1 saturated carbocycles. The minimum absolute atomic E-state index is 0.0814. The van der Waals surface area contributed by atoms with Crippen LogP contribution in [0.5, 0.6) is 0 Å². The molecule has 3 aromatic rings. The summed E-state index contributed by atoms with van der Waals surface area (Å²) in [6.07, 6.45) is 2.19. The predicted octanol–water partition coefficient (Wildman–Crippen LogP) is -0.967. The zero-order valence-electron chi connectivity index (χ0n) is 18.3. The first-order chi connectivity index (χ1) is 15.8. The highest BCUT2D eigenvalue weighted by atomic mass is 16.5. The number of carbonyl (C=O) groups is 1. The SMILES string of the molecule is COC[C@H](O)Cc1cn(CC2(O)CC(NC(=O)CCn3nnc4ccccc4c3=O)C2)nn1. The molecule has 0 saturated heterocycles. The van der Waals surface area contributed by atoms with Crippen molar-refractivity contribution in [2.45, 2.75) is 56.5 Å². The number of amides is 1. The van der Waals surface area contributed by atoms with E-state index in [1.807, 2.05) is 0 Å². The minimum Gasteiger partial charge on any atom is -0.390 e. The molecule has 0 bridgehead atoms. The summed E-state index contributed by atoms with van der Waals surface area (Å²) >= 11 is 0. The second-order valence-corrected chi connectivity index (χ2v) is 8.50. The number of aliphatic hydroxyl groups is 2. The summed E-state index contributed by atoms with van der Waals surface area (Å²) in [6, 6.07) is 6.77. The number of nitrogens with zero attached hydrogens (tertiary/aromatic N) is 6. The van der Waals surface area contributed by atoms with Crippen LogP contribution in [0.15, 0.2) is 35.3 Å². The number of hydrogen-bond acceptors (Lipinski definition) is 9. The molecule has 1 aliphatic carbocycles. The first-order valence-electron chi connectivity index (χ1n) is 10.8. The number of aromatic nitrogens is 6. The Morgan fingerprint density at radius 3 is 2.88 bits per heavy atom. The molecule has 1 aliphatic rings. The smallest absolute Gasteiger partial charge is 0.277 e. The van der Waals surface area contributed by atoms with Crippen LogP contribution in [0.1, 0.15) is 25.0 Å². The van der Waals surface area contributed by atoms with Gasteiger partial charge in [0, 0.05) is 32.2 Å². The van der Waals surface area contributed by atoms with Gasteiger partial charge in [0.05, 0.1) is 42.5 Å². The summed E-state index contributed by atoms with van der Waals surface area (Å²) in [6.45, 7) is 0.575. The van der Waals surface area contributed by atoms with Crippen molar-refractivity contribution in [3.05, 3.63) is 46.5 Å². The Morgan fingerprint density at radius 2 is 2.09 bits per heavy atom. The molecule has 1 atom stereocenters. The first kappa shape index (κ1) is 23.0. The lowest BCUT2D eigenvalue weighted by atomic mass is 9.75. The number of fused-ring (bicyclic) bond motifs is 1. The van der Waals surface area contributed by atoms with Crippen molar-refractivity contribution in [1.29, 1.82) is 0 Å². The molecule has 0 aliphatic heterocycles. The molecule has 33 heavy (non-hydrogen) atoms. The van der Waals surface area contributed by atoms with E-state index >= 15 is 0 Å². The second kappa shape index (κ2) is 9.73. The number of carbonyl (C=O) groups excluding carboxylic acids is 1. The molecule has 4 rings (SSSR count). The quantitative estimate of drug-likeness (QED) is 0.348. The molecule has 0 unspecified atom stereocenters. The Morgan fingerprint density at radius 1 is 1.30 bits per heavy atom. The van der Waals surface area contributed by atoms with E-state index in [0.717, 1.165) is 0 Å². The van der Waals surface area contributed by atoms with E-state index in [1.54, 1.807) is 30.5 Å². The standard InChI is InChI=1S/C21H27N7O5/c1-33-12-16(29)8-14-11-27(25-23-14)13-21(32)9-15(10-21)22-19(30)6-7-28-20(31)17-4-2-3-5-18(17)24-26-28/h2-5,11,15-16,29,32H,6-10,12-13H2,1H3,(H,22,30)/t15?,16-,21?/m1/s1. The fraction of sp³-hybridized carbons (Fsp3) is 0.524. The molecule has 12 nitrogen and oxygen atoms in total. The molecule has 0 radical (unpaired) electrons. The van der Waals surface area contributed by atoms with Crippen molar-refractivity contribution >= 4 is 16.8 Å². The maximum absolute atomic E-state index is 12.4. The average Bonchev–Trinajstić information content (AvgIpc) is 3.18. The van der Waals surface area contributed by atoms with Crippen molar-refractivity contribution in [3.63, 3.8) is 0 Å². The lowest BCUT2D eigenvalue weighted by molar-refractivity contribution is -0.126. The highest BCUT2D eigenvalue weighted by Gasteiger charge is 2.43. The lowest BCUT2D eigenvalue weighted by Crippen LogP contribution is -2.57. The number of rotatable bonds is 10. The maximum atomic E-state index is 12.4. The molecule has 2 aromatic heterocycles. The molecule has 2 heterocycles. The zero-order valence-corrected chi connectivity index (χ0v) is 18.3. The number of aliphatic hydroxyl groups excluding tert-OH is 1. The van der Waals surface area contributed by atoms with E-state index in [4.69, 9.17) is 4.74 Å². The van der Waals surface area contributed by atoms with Crippen LogP contribution in [0.3, 0.4) is 0 Å². The van der Waals surface area contributed by atoms with Gasteiger partial charge in [-0.2, -0.15) is 0 Å². The number of methoxy groups -OCH3 is 1. The molecule has 0 spiro atoms. The van der Waals surface area contributed by atoms with Crippen molar-refractivity contribution in [2.75, 3.05) is 13.7 Å². The third kappa shape index (κ3) is 5.59. The third-order valence-corrected chi connectivity index (χ3v) is 5.64. The summed E-state index contributed by atoms with van der Waals surface area (Å²) in [5.41, 5.74) is -0.148. The van der Waals surface area contributed by atoms with Crippen molar-refractivity contribution in [3.8, 4) is 0 Å². The summed E-state index contributed by atoms with van der Waals surface area (Å²) in [5.74, 6) is -0.223. The maximum Gasteiger partial charge on any atom is 0.277 e. The largest absolute Gasteiger partial charge is 0.390 e. The van der Waals surface area contributed by atoms with Crippen molar-refractivity contribution in [2.24, 2.45) is 0 Å². The Labute approximate surface area is 189 Å². The summed E-state index contributed by atoms with van der Waals surface area (Å²) in [7, 11) is 1.51. The molecular formula is C21H27N7O5. The van der Waals surface area contributed by atoms with Gasteiger partial charge in [-0.05, 0) is 25.0 Å². The lowest BCUT2D eigenvalue weighted by Gasteiger charge is -2.43. The monoisotopic (exact) mass is 457 g/mol. The fourth-order valence-corrected chi connectivity index (χ4v) is 4.07. The Balaban J connectivity index is 1.23. The average molecular weight is 457 g/mol. The van der Waals surface area contributed by atoms with Crippen LogP contribution in [0.25, 0.3) is 10.9 Å². The summed E-state index contributed by atoms with van der Waals surface area (Å²) in [5, 5.41) is 39.7. The van der Waals surface area contributed by atoms with E-state index in [9.17, 15) is 19.8 Å². The molecule has 1 aromatic carbocycles. The molecule has 176 valence electrons. The van der Waals surface area contributed by atoms with Crippen LogP contribution in [0.2, 0.25) is 0 Å². The number of benzene rings is 1.